The number of hydrogen-bond donors (Lipinski definition) is 3. The van der Waals surface area contributed by atoms with Gasteiger partial charge in [-0.3, -0.25) is 4.79 Å². The first-order valence-corrected chi connectivity index (χ1v) is 6.49. The molecular weight excluding hydrogens is 284 g/mol. The fraction of sp³-hybridized carbons (Fsp3) is 0.0667. The van der Waals surface area contributed by atoms with Crippen LogP contribution in [0, 0.1) is 0 Å². The van der Waals surface area contributed by atoms with Crippen molar-refractivity contribution in [2.45, 2.75) is 0 Å². The first-order chi connectivity index (χ1) is 10.6. The Labute approximate surface area is 125 Å². The van der Waals surface area contributed by atoms with Crippen LogP contribution in [0.5, 0.6) is 0 Å². The lowest BCUT2D eigenvalue weighted by Crippen LogP contribution is -2.17. The second-order valence-electron chi connectivity index (χ2n) is 4.63. The summed E-state index contributed by atoms with van der Waals surface area (Å²) in [6, 6.07) is 8.06. The lowest BCUT2D eigenvalue weighted by molar-refractivity contribution is 0.0696. The normalized spacial score (nSPS) is 10.6. The number of aromatic carboxylic acids is 1. The van der Waals surface area contributed by atoms with Gasteiger partial charge in [0.2, 0.25) is 0 Å². The van der Waals surface area contributed by atoms with E-state index in [1.807, 2.05) is 0 Å². The Kier molecular flexibility index (Phi) is 3.30. The number of rotatable bonds is 3. The van der Waals surface area contributed by atoms with Crippen LogP contribution < -0.4 is 5.32 Å². The van der Waals surface area contributed by atoms with Crippen molar-refractivity contribution in [3.63, 3.8) is 0 Å². The number of benzene rings is 1. The van der Waals surface area contributed by atoms with Gasteiger partial charge in [0, 0.05) is 18.0 Å². The Morgan fingerprint density at radius 3 is 2.55 bits per heavy atom. The lowest BCUT2D eigenvalue weighted by Gasteiger charge is -2.02. The van der Waals surface area contributed by atoms with Crippen molar-refractivity contribution in [1.82, 2.24) is 20.3 Å². The molecule has 0 radical (unpaired) electrons. The van der Waals surface area contributed by atoms with Gasteiger partial charge >= 0.3 is 5.97 Å². The Hall–Kier alpha value is -3.22. The lowest BCUT2D eigenvalue weighted by atomic mass is 10.1. The van der Waals surface area contributed by atoms with E-state index >= 15 is 0 Å². The maximum atomic E-state index is 11.7. The summed E-state index contributed by atoms with van der Waals surface area (Å²) < 4.78 is 0. The monoisotopic (exact) mass is 296 g/mol. The van der Waals surface area contributed by atoms with Crippen LogP contribution in [0.15, 0.2) is 36.7 Å². The van der Waals surface area contributed by atoms with Crippen molar-refractivity contribution in [2.75, 3.05) is 7.05 Å². The predicted octanol–water partition coefficient (Wildman–Crippen LogP) is 1.68. The molecule has 0 saturated heterocycles. The zero-order valence-corrected chi connectivity index (χ0v) is 11.6. The highest BCUT2D eigenvalue weighted by molar-refractivity contribution is 6.00. The summed E-state index contributed by atoms with van der Waals surface area (Å²) in [5, 5.41) is 12.2. The highest BCUT2D eigenvalue weighted by Crippen LogP contribution is 2.26. The Morgan fingerprint density at radius 2 is 1.91 bits per heavy atom. The van der Waals surface area contributed by atoms with Crippen molar-refractivity contribution >= 4 is 22.9 Å². The number of carboxylic acid groups (broad SMARTS) is 1. The highest BCUT2D eigenvalue weighted by Gasteiger charge is 2.13. The molecule has 0 atom stereocenters. The maximum absolute atomic E-state index is 11.7. The minimum atomic E-state index is -0.983. The van der Waals surface area contributed by atoms with E-state index < -0.39 is 5.97 Å². The summed E-state index contributed by atoms with van der Waals surface area (Å²) in [7, 11) is 1.55. The molecule has 3 N–H and O–H groups in total. The van der Waals surface area contributed by atoms with Crippen molar-refractivity contribution in [3.8, 4) is 11.3 Å². The molecule has 1 aromatic carbocycles. The van der Waals surface area contributed by atoms with Crippen molar-refractivity contribution in [1.29, 1.82) is 0 Å². The molecule has 0 aliphatic rings. The molecule has 2 aromatic heterocycles. The van der Waals surface area contributed by atoms with Gasteiger partial charge in [-0.15, -0.1) is 0 Å². The quantitative estimate of drug-likeness (QED) is 0.681. The SMILES string of the molecule is CNC(=O)c1cc2c(-c3ccc(C(=O)O)cc3)ncnc2[nH]1. The summed E-state index contributed by atoms with van der Waals surface area (Å²) in [6.45, 7) is 0. The van der Waals surface area contributed by atoms with Gasteiger partial charge in [0.15, 0.2) is 0 Å². The molecule has 0 spiro atoms. The second kappa shape index (κ2) is 5.28. The molecule has 0 aliphatic heterocycles. The molecule has 3 rings (SSSR count). The largest absolute Gasteiger partial charge is 0.478 e. The molecule has 1 amide bonds. The van der Waals surface area contributed by atoms with Gasteiger partial charge in [-0.05, 0) is 18.2 Å². The van der Waals surface area contributed by atoms with E-state index in [2.05, 4.69) is 20.3 Å². The first kappa shape index (κ1) is 13.7. The van der Waals surface area contributed by atoms with Gasteiger partial charge in [0.25, 0.3) is 5.91 Å². The van der Waals surface area contributed by atoms with E-state index in [0.29, 0.717) is 22.4 Å². The predicted molar refractivity (Wildman–Crippen MR) is 79.7 cm³/mol. The molecule has 0 unspecified atom stereocenters. The molecule has 7 heteroatoms. The highest BCUT2D eigenvalue weighted by atomic mass is 16.4. The minimum absolute atomic E-state index is 0.203. The number of carboxylic acids is 1. The second-order valence-corrected chi connectivity index (χ2v) is 4.63. The van der Waals surface area contributed by atoms with E-state index in [9.17, 15) is 9.59 Å². The summed E-state index contributed by atoms with van der Waals surface area (Å²) >= 11 is 0. The van der Waals surface area contributed by atoms with Gasteiger partial charge in [-0.2, -0.15) is 0 Å². The van der Waals surface area contributed by atoms with E-state index in [-0.39, 0.29) is 11.5 Å². The summed E-state index contributed by atoms with van der Waals surface area (Å²) in [5.74, 6) is -1.23. The third kappa shape index (κ3) is 2.28. The summed E-state index contributed by atoms with van der Waals surface area (Å²) in [6.07, 6.45) is 1.40. The molecule has 0 bridgehead atoms. The van der Waals surface area contributed by atoms with E-state index in [4.69, 9.17) is 5.11 Å². The van der Waals surface area contributed by atoms with Crippen LogP contribution in [0.4, 0.5) is 0 Å². The van der Waals surface area contributed by atoms with Crippen LogP contribution in [0.25, 0.3) is 22.3 Å². The van der Waals surface area contributed by atoms with E-state index in [0.717, 1.165) is 5.56 Å². The van der Waals surface area contributed by atoms with Crippen LogP contribution >= 0.6 is 0 Å². The standard InChI is InChI=1S/C15H12N4O3/c1-16-14(20)11-6-10-12(17-7-18-13(10)19-11)8-2-4-9(5-3-8)15(21)22/h2-7H,1H3,(H,16,20)(H,21,22)(H,17,18,19). The van der Waals surface area contributed by atoms with Crippen LogP contribution in [0.2, 0.25) is 0 Å². The number of carbonyl (C=O) groups is 2. The Balaban J connectivity index is 2.12. The molecule has 3 aromatic rings. The third-order valence-corrected chi connectivity index (χ3v) is 3.30. The third-order valence-electron chi connectivity index (χ3n) is 3.30. The molecular formula is C15H12N4O3. The Morgan fingerprint density at radius 1 is 1.18 bits per heavy atom. The van der Waals surface area contributed by atoms with Crippen LogP contribution in [0.3, 0.4) is 0 Å². The number of aromatic amines is 1. The van der Waals surface area contributed by atoms with Gasteiger partial charge in [-0.25, -0.2) is 14.8 Å². The van der Waals surface area contributed by atoms with Gasteiger partial charge in [0.05, 0.1) is 11.3 Å². The van der Waals surface area contributed by atoms with Gasteiger partial charge in [0.1, 0.15) is 17.7 Å². The van der Waals surface area contributed by atoms with Crippen molar-refractivity contribution in [2.24, 2.45) is 0 Å². The van der Waals surface area contributed by atoms with Crippen LogP contribution in [-0.4, -0.2) is 39.0 Å². The first-order valence-electron chi connectivity index (χ1n) is 6.49. The van der Waals surface area contributed by atoms with Crippen molar-refractivity contribution in [3.05, 3.63) is 47.9 Å². The molecule has 7 nitrogen and oxygen atoms in total. The van der Waals surface area contributed by atoms with Crippen LogP contribution in [0.1, 0.15) is 20.8 Å². The Bertz CT molecular complexity index is 868. The number of aromatic nitrogens is 3. The fourth-order valence-electron chi connectivity index (χ4n) is 2.20. The average molecular weight is 296 g/mol. The number of hydrogen-bond acceptors (Lipinski definition) is 4. The zero-order chi connectivity index (χ0) is 15.7. The molecule has 22 heavy (non-hydrogen) atoms. The molecule has 0 fully saturated rings. The smallest absolute Gasteiger partial charge is 0.335 e. The van der Waals surface area contributed by atoms with Gasteiger partial charge in [-0.1, -0.05) is 12.1 Å². The molecule has 0 aliphatic carbocycles. The number of nitrogens with zero attached hydrogens (tertiary/aromatic N) is 2. The van der Waals surface area contributed by atoms with Gasteiger partial charge < -0.3 is 15.4 Å². The molecule has 2 heterocycles. The summed E-state index contributed by atoms with van der Waals surface area (Å²) in [4.78, 5) is 33.9. The number of fused-ring (bicyclic) bond motifs is 1. The molecule has 110 valence electrons. The zero-order valence-electron chi connectivity index (χ0n) is 11.6. The molecule has 0 saturated carbocycles. The number of nitrogens with one attached hydrogen (secondary N) is 2. The van der Waals surface area contributed by atoms with Crippen molar-refractivity contribution < 1.29 is 14.7 Å². The minimum Gasteiger partial charge on any atom is -0.478 e. The number of amides is 1. The van der Waals surface area contributed by atoms with Crippen LogP contribution in [-0.2, 0) is 0 Å². The average Bonchev–Trinajstić information content (AvgIpc) is 2.98. The fourth-order valence-corrected chi connectivity index (χ4v) is 2.20. The summed E-state index contributed by atoms with van der Waals surface area (Å²) in [5.41, 5.74) is 2.52. The number of carbonyl (C=O) groups excluding carboxylic acids is 1. The van der Waals surface area contributed by atoms with E-state index in [1.165, 1.54) is 18.5 Å². The number of H-pyrrole nitrogens is 1. The maximum Gasteiger partial charge on any atom is 0.335 e. The van der Waals surface area contributed by atoms with E-state index in [1.54, 1.807) is 25.2 Å². The topological polar surface area (TPSA) is 108 Å².